The number of nitrogens with zero attached hydrogens (tertiary/aromatic N) is 1. The molecule has 0 saturated heterocycles. The average molecular weight is 308 g/mol. The Morgan fingerprint density at radius 1 is 1.18 bits per heavy atom. The molecule has 0 aliphatic carbocycles. The lowest BCUT2D eigenvalue weighted by atomic mass is 10.2. The minimum absolute atomic E-state index is 0.0758. The van der Waals surface area contributed by atoms with Crippen LogP contribution in [0.25, 0.3) is 10.4 Å². The van der Waals surface area contributed by atoms with Crippen molar-refractivity contribution in [1.82, 2.24) is 0 Å². The molecule has 1 aromatic heterocycles. The number of oxime groups is 1. The summed E-state index contributed by atoms with van der Waals surface area (Å²) >= 11 is 5.12. The molecule has 0 unspecified atom stereocenters. The van der Waals surface area contributed by atoms with Gasteiger partial charge in [0.1, 0.15) is 4.62 Å². The predicted octanol–water partition coefficient (Wildman–Crippen LogP) is 4.58. The maximum Gasteiger partial charge on any atom is 0.167 e. The topological polar surface area (TPSA) is 21.6 Å². The minimum Gasteiger partial charge on any atom is -0.386 e. The van der Waals surface area contributed by atoms with Gasteiger partial charge in [-0.1, -0.05) is 35.5 Å². The number of hydrogen-bond donors (Lipinski definition) is 0. The maximum absolute atomic E-state index is 5.35. The van der Waals surface area contributed by atoms with E-state index in [9.17, 15) is 0 Å². The Hall–Kier alpha value is -1.13. The normalized spacial score (nSPS) is 18.9. The average Bonchev–Trinajstić information content (AvgIpc) is 2.98. The standard InChI is InChI=1S/C13H10BrNOS/c14-13-8-10(16-15-13)12-7-6-11(17-12)9-4-2-1-3-5-9/h1-7,10H,8H2/t10-/m1/s1. The highest BCUT2D eigenvalue weighted by Crippen LogP contribution is 2.37. The van der Waals surface area contributed by atoms with Crippen molar-refractivity contribution in [1.29, 1.82) is 0 Å². The van der Waals surface area contributed by atoms with Crippen LogP contribution in [0, 0.1) is 0 Å². The van der Waals surface area contributed by atoms with E-state index in [-0.39, 0.29) is 6.10 Å². The van der Waals surface area contributed by atoms with Crippen LogP contribution in [0.4, 0.5) is 0 Å². The van der Waals surface area contributed by atoms with Gasteiger partial charge in [-0.15, -0.1) is 11.3 Å². The van der Waals surface area contributed by atoms with Gasteiger partial charge in [-0.25, -0.2) is 0 Å². The summed E-state index contributed by atoms with van der Waals surface area (Å²) in [5, 5.41) is 3.92. The molecule has 1 aliphatic heterocycles. The summed E-state index contributed by atoms with van der Waals surface area (Å²) in [7, 11) is 0. The number of halogens is 1. The Bertz CT molecular complexity index is 550. The third kappa shape index (κ3) is 2.28. The Morgan fingerprint density at radius 3 is 2.71 bits per heavy atom. The molecule has 3 rings (SSSR count). The zero-order chi connectivity index (χ0) is 11.7. The summed E-state index contributed by atoms with van der Waals surface area (Å²) in [4.78, 5) is 7.85. The monoisotopic (exact) mass is 307 g/mol. The first-order valence-corrected chi connectivity index (χ1v) is 6.97. The minimum atomic E-state index is 0.0758. The molecule has 0 saturated carbocycles. The molecule has 1 aromatic carbocycles. The summed E-state index contributed by atoms with van der Waals surface area (Å²) < 4.78 is 0.886. The molecule has 2 aromatic rings. The van der Waals surface area contributed by atoms with Crippen molar-refractivity contribution in [2.75, 3.05) is 0 Å². The van der Waals surface area contributed by atoms with Crippen molar-refractivity contribution in [2.45, 2.75) is 12.5 Å². The highest BCUT2D eigenvalue weighted by molar-refractivity contribution is 9.18. The number of hydrogen-bond acceptors (Lipinski definition) is 3. The molecule has 1 atom stereocenters. The highest BCUT2D eigenvalue weighted by atomic mass is 79.9. The fraction of sp³-hybridized carbons (Fsp3) is 0.154. The smallest absolute Gasteiger partial charge is 0.167 e. The van der Waals surface area contributed by atoms with E-state index in [2.05, 4.69) is 57.5 Å². The van der Waals surface area contributed by atoms with Crippen LogP contribution >= 0.6 is 27.3 Å². The van der Waals surface area contributed by atoms with Crippen molar-refractivity contribution in [3.8, 4) is 10.4 Å². The lowest BCUT2D eigenvalue weighted by Gasteiger charge is -2.03. The van der Waals surface area contributed by atoms with E-state index in [0.717, 1.165) is 11.0 Å². The van der Waals surface area contributed by atoms with Crippen molar-refractivity contribution < 1.29 is 4.84 Å². The van der Waals surface area contributed by atoms with Crippen molar-refractivity contribution >= 4 is 31.9 Å². The van der Waals surface area contributed by atoms with Crippen LogP contribution in [-0.4, -0.2) is 4.62 Å². The van der Waals surface area contributed by atoms with Gasteiger partial charge in [0.05, 0.1) is 0 Å². The maximum atomic E-state index is 5.35. The third-order valence-corrected chi connectivity index (χ3v) is 4.33. The summed E-state index contributed by atoms with van der Waals surface area (Å²) in [5.41, 5.74) is 1.25. The van der Waals surface area contributed by atoms with E-state index in [4.69, 9.17) is 4.84 Å². The van der Waals surface area contributed by atoms with E-state index >= 15 is 0 Å². The Balaban J connectivity index is 1.84. The Kier molecular flexibility index (Phi) is 2.99. The third-order valence-electron chi connectivity index (χ3n) is 2.64. The van der Waals surface area contributed by atoms with Gasteiger partial charge < -0.3 is 4.84 Å². The van der Waals surface area contributed by atoms with E-state index < -0.39 is 0 Å². The van der Waals surface area contributed by atoms with Gasteiger partial charge in [0.2, 0.25) is 0 Å². The quantitative estimate of drug-likeness (QED) is 0.795. The van der Waals surface area contributed by atoms with Gasteiger partial charge in [0.25, 0.3) is 0 Å². The molecule has 4 heteroatoms. The van der Waals surface area contributed by atoms with Crippen LogP contribution in [0.3, 0.4) is 0 Å². The van der Waals surface area contributed by atoms with Crippen LogP contribution in [0.2, 0.25) is 0 Å². The molecular weight excluding hydrogens is 298 g/mol. The fourth-order valence-electron chi connectivity index (χ4n) is 1.78. The predicted molar refractivity (Wildman–Crippen MR) is 74.6 cm³/mol. The molecule has 0 radical (unpaired) electrons. The van der Waals surface area contributed by atoms with Gasteiger partial charge in [0, 0.05) is 16.2 Å². The van der Waals surface area contributed by atoms with Crippen molar-refractivity contribution in [3.63, 3.8) is 0 Å². The van der Waals surface area contributed by atoms with E-state index in [1.54, 1.807) is 11.3 Å². The Morgan fingerprint density at radius 2 is 2.00 bits per heavy atom. The van der Waals surface area contributed by atoms with Crippen LogP contribution in [0.5, 0.6) is 0 Å². The molecule has 17 heavy (non-hydrogen) atoms. The molecule has 86 valence electrons. The van der Waals surface area contributed by atoms with Gasteiger partial charge in [-0.3, -0.25) is 0 Å². The van der Waals surface area contributed by atoms with Crippen LogP contribution in [0.15, 0.2) is 47.6 Å². The van der Waals surface area contributed by atoms with Gasteiger partial charge in [-0.05, 0) is 33.6 Å². The van der Waals surface area contributed by atoms with Gasteiger partial charge in [0.15, 0.2) is 6.10 Å². The second-order valence-corrected chi connectivity index (χ2v) is 5.86. The van der Waals surface area contributed by atoms with E-state index in [0.29, 0.717) is 0 Å². The highest BCUT2D eigenvalue weighted by Gasteiger charge is 2.22. The number of rotatable bonds is 2. The second kappa shape index (κ2) is 4.63. The zero-order valence-electron chi connectivity index (χ0n) is 8.97. The first-order chi connectivity index (χ1) is 8.33. The largest absolute Gasteiger partial charge is 0.386 e. The van der Waals surface area contributed by atoms with Crippen LogP contribution in [-0.2, 0) is 4.84 Å². The molecule has 0 spiro atoms. The molecule has 1 aliphatic rings. The van der Waals surface area contributed by atoms with Crippen molar-refractivity contribution in [3.05, 3.63) is 47.3 Å². The number of thiophene rings is 1. The molecule has 2 heterocycles. The molecular formula is C13H10BrNOS. The Labute approximate surface area is 112 Å². The van der Waals surface area contributed by atoms with Gasteiger partial charge in [-0.2, -0.15) is 0 Å². The van der Waals surface area contributed by atoms with Crippen molar-refractivity contribution in [2.24, 2.45) is 5.16 Å². The second-order valence-electron chi connectivity index (χ2n) is 3.83. The van der Waals surface area contributed by atoms with Gasteiger partial charge >= 0.3 is 0 Å². The summed E-state index contributed by atoms with van der Waals surface area (Å²) in [5.74, 6) is 0. The lowest BCUT2D eigenvalue weighted by molar-refractivity contribution is 0.0884. The fourth-order valence-corrected chi connectivity index (χ4v) is 3.20. The molecule has 0 bridgehead atoms. The molecule has 0 N–H and O–H groups in total. The van der Waals surface area contributed by atoms with Crippen LogP contribution < -0.4 is 0 Å². The lowest BCUT2D eigenvalue weighted by Crippen LogP contribution is -1.92. The summed E-state index contributed by atoms with van der Waals surface area (Å²) in [6.07, 6.45) is 0.904. The zero-order valence-corrected chi connectivity index (χ0v) is 11.4. The van der Waals surface area contributed by atoms with E-state index in [1.807, 2.05) is 6.07 Å². The molecule has 0 amide bonds. The number of benzene rings is 1. The SMILES string of the molecule is BrC1=NO[C@@H](c2ccc(-c3ccccc3)s2)C1. The summed E-state index contributed by atoms with van der Waals surface area (Å²) in [6, 6.07) is 14.7. The first-order valence-electron chi connectivity index (χ1n) is 5.36. The molecule has 2 nitrogen and oxygen atoms in total. The summed E-state index contributed by atoms with van der Waals surface area (Å²) in [6.45, 7) is 0. The van der Waals surface area contributed by atoms with Crippen LogP contribution in [0.1, 0.15) is 17.4 Å². The first kappa shape index (κ1) is 11.0. The molecule has 0 fully saturated rings. The van der Waals surface area contributed by atoms with E-state index in [1.165, 1.54) is 15.3 Å².